The van der Waals surface area contributed by atoms with Crippen molar-refractivity contribution in [3.05, 3.63) is 35.9 Å². The predicted molar refractivity (Wildman–Crippen MR) is 127 cm³/mol. The van der Waals surface area contributed by atoms with Gasteiger partial charge in [-0.25, -0.2) is 4.79 Å². The monoisotopic (exact) mass is 568 g/mol. The molecule has 0 radical (unpaired) electrons. The molecule has 2 aliphatic heterocycles. The average molecular weight is 568 g/mol. The summed E-state index contributed by atoms with van der Waals surface area (Å²) in [6, 6.07) is 4.23. The molecule has 1 saturated heterocycles. The summed E-state index contributed by atoms with van der Waals surface area (Å²) in [7, 11) is 0. The number of nitrogens with zero attached hydrogens (tertiary/aromatic N) is 1. The van der Waals surface area contributed by atoms with Crippen LogP contribution in [0.3, 0.4) is 0 Å². The van der Waals surface area contributed by atoms with E-state index in [-0.39, 0.29) is 50.9 Å². The van der Waals surface area contributed by atoms with E-state index in [1.165, 1.54) is 18.2 Å². The normalized spacial score (nSPS) is 24.1. The quantitative estimate of drug-likeness (QED) is 0.0811. The van der Waals surface area contributed by atoms with E-state index in [1.54, 1.807) is 0 Å². The van der Waals surface area contributed by atoms with Crippen molar-refractivity contribution < 1.29 is 68.1 Å². The fraction of sp³-hybridized carbons (Fsp3) is 0.458. The average Bonchev–Trinajstić information content (AvgIpc) is 3.24. The van der Waals surface area contributed by atoms with Crippen LogP contribution in [0.15, 0.2) is 30.4 Å². The number of hydrogen-bond donors (Lipinski definition) is 5. The number of carbonyl (C=O) groups is 5. The molecule has 3 amide bonds. The van der Waals surface area contributed by atoms with Gasteiger partial charge in [0.05, 0.1) is 13.2 Å². The number of amides is 3. The van der Waals surface area contributed by atoms with E-state index in [0.29, 0.717) is 5.56 Å². The highest BCUT2D eigenvalue weighted by molar-refractivity contribution is 6.14. The Morgan fingerprint density at radius 1 is 1.02 bits per heavy atom. The van der Waals surface area contributed by atoms with Crippen LogP contribution in [0.25, 0.3) is 0 Å². The van der Waals surface area contributed by atoms with Gasteiger partial charge >= 0.3 is 5.97 Å². The zero-order valence-electron chi connectivity index (χ0n) is 20.9. The first kappa shape index (κ1) is 30.5. The number of nitrogens with one attached hydrogen (secondary N) is 1. The molecule has 40 heavy (non-hydrogen) atoms. The van der Waals surface area contributed by atoms with Gasteiger partial charge in [0.1, 0.15) is 49.6 Å². The minimum absolute atomic E-state index is 0.00247. The molecule has 16 heteroatoms. The van der Waals surface area contributed by atoms with Crippen LogP contribution in [0.2, 0.25) is 0 Å². The number of rotatable bonds is 15. The second kappa shape index (κ2) is 14.3. The summed E-state index contributed by atoms with van der Waals surface area (Å²) < 4.78 is 26.4. The van der Waals surface area contributed by atoms with Gasteiger partial charge in [0.25, 0.3) is 18.3 Å². The Morgan fingerprint density at radius 2 is 1.75 bits per heavy atom. The van der Waals surface area contributed by atoms with Crippen molar-refractivity contribution in [2.75, 3.05) is 32.9 Å². The fourth-order valence-corrected chi connectivity index (χ4v) is 3.63. The Balaban J connectivity index is 1.48. The maximum atomic E-state index is 11.9. The third-order valence-electron chi connectivity index (χ3n) is 5.67. The largest absolute Gasteiger partial charge is 0.491 e. The van der Waals surface area contributed by atoms with E-state index >= 15 is 0 Å². The lowest BCUT2D eigenvalue weighted by Gasteiger charge is -2.38. The van der Waals surface area contributed by atoms with Crippen molar-refractivity contribution >= 4 is 30.2 Å². The maximum Gasteiger partial charge on any atom is 0.335 e. The molecule has 1 fully saturated rings. The Kier molecular flexibility index (Phi) is 10.9. The van der Waals surface area contributed by atoms with E-state index in [1.807, 2.05) is 0 Å². The van der Waals surface area contributed by atoms with Crippen LogP contribution in [-0.2, 0) is 44.8 Å². The summed E-state index contributed by atoms with van der Waals surface area (Å²) in [6.45, 7) is -0.0572. The second-order valence-corrected chi connectivity index (χ2v) is 8.44. The molecule has 0 unspecified atom stereocenters. The highest BCUT2D eigenvalue weighted by Gasteiger charge is 2.48. The number of carbonyl (C=O) groups excluding carboxylic acids is 4. The molecule has 2 aliphatic rings. The van der Waals surface area contributed by atoms with Crippen molar-refractivity contribution in [3.63, 3.8) is 0 Å². The van der Waals surface area contributed by atoms with E-state index < -0.39 is 60.9 Å². The molecule has 16 nitrogen and oxygen atoms in total. The van der Waals surface area contributed by atoms with Gasteiger partial charge in [0.15, 0.2) is 6.10 Å². The van der Waals surface area contributed by atoms with Crippen LogP contribution >= 0.6 is 0 Å². The number of carboxylic acid groups (broad SMARTS) is 1. The molecule has 0 aliphatic carbocycles. The molecule has 3 rings (SSSR count). The molecule has 2 heterocycles. The molecule has 5 atom stereocenters. The number of imide groups is 1. The smallest absolute Gasteiger partial charge is 0.335 e. The molecule has 0 aromatic heterocycles. The zero-order valence-corrected chi connectivity index (χ0v) is 20.9. The minimum Gasteiger partial charge on any atom is -0.491 e. The Morgan fingerprint density at radius 3 is 2.42 bits per heavy atom. The second-order valence-electron chi connectivity index (χ2n) is 8.44. The molecular formula is C24H28N2O14. The topological polar surface area (TPSA) is 228 Å². The van der Waals surface area contributed by atoms with E-state index in [0.717, 1.165) is 17.1 Å². The van der Waals surface area contributed by atoms with Crippen LogP contribution in [-0.4, -0.2) is 119 Å². The van der Waals surface area contributed by atoms with Crippen LogP contribution < -0.4 is 14.8 Å². The van der Waals surface area contributed by atoms with Crippen LogP contribution in [0.1, 0.15) is 5.56 Å². The number of benzene rings is 1. The highest BCUT2D eigenvalue weighted by atomic mass is 16.7. The number of aliphatic hydroxyl groups is 3. The summed E-state index contributed by atoms with van der Waals surface area (Å²) in [6.07, 6.45) is -6.82. The lowest BCUT2D eigenvalue weighted by molar-refractivity contribution is -0.271. The summed E-state index contributed by atoms with van der Waals surface area (Å²) in [5.74, 6) is -3.01. The number of hydrogen-bond acceptors (Lipinski definition) is 13. The molecular weight excluding hydrogens is 540 g/mol. The van der Waals surface area contributed by atoms with Gasteiger partial charge < -0.3 is 49.4 Å². The van der Waals surface area contributed by atoms with Gasteiger partial charge in [-0.2, -0.15) is 0 Å². The van der Waals surface area contributed by atoms with Gasteiger partial charge in [0.2, 0.25) is 12.2 Å². The van der Waals surface area contributed by atoms with Crippen molar-refractivity contribution in [1.29, 1.82) is 0 Å². The standard InChI is InChI=1S/C24H28N2O14/c27-12-37-11-13-1-2-14(39-24-21(33)19(31)20(32)22(40-24)23(34)35)9-15(13)38-8-7-36-6-5-25-16(28)10-26-17(29)3-4-18(26)30/h1-4,9,12,19-22,24,31-33H,5-8,10-11H2,(H,25,28)(H,34,35)/t19-,20-,21+,22-,24+/m0/s1. The van der Waals surface area contributed by atoms with Crippen LogP contribution in [0.4, 0.5) is 0 Å². The van der Waals surface area contributed by atoms with Gasteiger partial charge in [-0.3, -0.25) is 24.1 Å². The molecule has 0 bridgehead atoms. The summed E-state index contributed by atoms with van der Waals surface area (Å²) in [5.41, 5.74) is 0.427. The van der Waals surface area contributed by atoms with Gasteiger partial charge in [-0.15, -0.1) is 0 Å². The Bertz CT molecular complexity index is 1110. The summed E-state index contributed by atoms with van der Waals surface area (Å²) >= 11 is 0. The maximum absolute atomic E-state index is 11.9. The SMILES string of the molecule is O=COCc1ccc(O[C@@H]2O[C@H](C(=O)O)[C@@H](O)[C@H](O)[C@H]2O)cc1OCCOCCNC(=O)CN1C(=O)C=CC1=O. The first-order valence-corrected chi connectivity index (χ1v) is 11.9. The number of aliphatic carboxylic acids is 1. The zero-order chi connectivity index (χ0) is 29.2. The third-order valence-corrected chi connectivity index (χ3v) is 5.67. The molecule has 0 spiro atoms. The van der Waals surface area contributed by atoms with Gasteiger partial charge in [-0.1, -0.05) is 0 Å². The first-order valence-electron chi connectivity index (χ1n) is 11.9. The molecule has 5 N–H and O–H groups in total. The molecule has 1 aromatic rings. The van der Waals surface area contributed by atoms with Crippen molar-refractivity contribution in [2.45, 2.75) is 37.3 Å². The lowest BCUT2D eigenvalue weighted by atomic mass is 9.99. The van der Waals surface area contributed by atoms with Crippen molar-refractivity contribution in [2.24, 2.45) is 0 Å². The molecule has 0 saturated carbocycles. The lowest BCUT2D eigenvalue weighted by Crippen LogP contribution is -2.61. The molecule has 218 valence electrons. The first-order chi connectivity index (χ1) is 19.1. The molecule has 1 aromatic carbocycles. The van der Waals surface area contributed by atoms with Crippen molar-refractivity contribution in [3.8, 4) is 11.5 Å². The number of aliphatic hydroxyl groups excluding tert-OH is 3. The van der Waals surface area contributed by atoms with Crippen molar-refractivity contribution in [1.82, 2.24) is 10.2 Å². The number of ether oxygens (including phenoxy) is 5. The van der Waals surface area contributed by atoms with Crippen LogP contribution in [0, 0.1) is 0 Å². The minimum atomic E-state index is -1.88. The summed E-state index contributed by atoms with van der Waals surface area (Å²) in [5, 5.41) is 41.6. The summed E-state index contributed by atoms with van der Waals surface area (Å²) in [4.78, 5) is 57.5. The Hall–Kier alpha value is -4.09. The van der Waals surface area contributed by atoms with E-state index in [9.17, 15) is 44.4 Å². The highest BCUT2D eigenvalue weighted by Crippen LogP contribution is 2.29. The Labute approximate surface area is 226 Å². The fourth-order valence-electron chi connectivity index (χ4n) is 3.63. The van der Waals surface area contributed by atoms with E-state index in [4.69, 9.17) is 23.7 Å². The third kappa shape index (κ3) is 7.96. The van der Waals surface area contributed by atoms with Gasteiger partial charge in [0, 0.05) is 30.3 Å². The predicted octanol–water partition coefficient (Wildman–Crippen LogP) is -2.93. The van der Waals surface area contributed by atoms with Crippen LogP contribution in [0.5, 0.6) is 11.5 Å². The van der Waals surface area contributed by atoms with E-state index in [2.05, 4.69) is 5.32 Å². The number of carboxylic acids is 1. The van der Waals surface area contributed by atoms with Gasteiger partial charge in [-0.05, 0) is 12.1 Å².